The standard InChI is InChI=1S/C11H20N2O2/c1-8-4-3-5-10(12-2)11(14)13(8)6-9-7-15-9/h8-10,12H,3-7H2,1-2H3. The Kier molecular flexibility index (Phi) is 3.26. The highest BCUT2D eigenvalue weighted by Gasteiger charge is 2.34. The van der Waals surface area contributed by atoms with Crippen LogP contribution in [0.25, 0.3) is 0 Å². The van der Waals surface area contributed by atoms with Gasteiger partial charge in [0, 0.05) is 12.6 Å². The molecule has 0 radical (unpaired) electrons. The van der Waals surface area contributed by atoms with Crippen LogP contribution in [-0.2, 0) is 9.53 Å². The predicted octanol–water partition coefficient (Wildman–Crippen LogP) is 0.374. The van der Waals surface area contributed by atoms with Crippen LogP contribution in [0.4, 0.5) is 0 Å². The van der Waals surface area contributed by atoms with Crippen LogP contribution < -0.4 is 5.32 Å². The third-order valence-corrected chi connectivity index (χ3v) is 3.38. The van der Waals surface area contributed by atoms with Gasteiger partial charge < -0.3 is 15.0 Å². The summed E-state index contributed by atoms with van der Waals surface area (Å²) in [5.74, 6) is 0.248. The summed E-state index contributed by atoms with van der Waals surface area (Å²) < 4.78 is 5.20. The van der Waals surface area contributed by atoms with Crippen LogP contribution in [0.2, 0.25) is 0 Å². The Morgan fingerprint density at radius 2 is 2.27 bits per heavy atom. The van der Waals surface area contributed by atoms with E-state index >= 15 is 0 Å². The molecule has 0 aromatic rings. The van der Waals surface area contributed by atoms with E-state index in [0.29, 0.717) is 12.1 Å². The number of likely N-dealkylation sites (tertiary alicyclic amines) is 1. The fourth-order valence-corrected chi connectivity index (χ4v) is 2.24. The number of nitrogens with one attached hydrogen (secondary N) is 1. The zero-order chi connectivity index (χ0) is 10.8. The number of ether oxygens (including phenoxy) is 1. The van der Waals surface area contributed by atoms with Crippen molar-refractivity contribution >= 4 is 5.91 Å². The van der Waals surface area contributed by atoms with E-state index in [2.05, 4.69) is 12.2 Å². The molecule has 0 spiro atoms. The molecule has 2 aliphatic heterocycles. The maximum absolute atomic E-state index is 12.2. The number of rotatable bonds is 3. The van der Waals surface area contributed by atoms with Crippen molar-refractivity contribution in [3.8, 4) is 0 Å². The highest BCUT2D eigenvalue weighted by atomic mass is 16.6. The van der Waals surface area contributed by atoms with Crippen LogP contribution >= 0.6 is 0 Å². The summed E-state index contributed by atoms with van der Waals surface area (Å²) in [6, 6.07) is 0.369. The third-order valence-electron chi connectivity index (χ3n) is 3.38. The summed E-state index contributed by atoms with van der Waals surface area (Å²) in [5.41, 5.74) is 0. The molecule has 2 rings (SSSR count). The summed E-state index contributed by atoms with van der Waals surface area (Å²) in [6.45, 7) is 3.73. The molecule has 2 saturated heterocycles. The fourth-order valence-electron chi connectivity index (χ4n) is 2.24. The van der Waals surface area contributed by atoms with Crippen molar-refractivity contribution in [2.45, 2.75) is 44.4 Å². The van der Waals surface area contributed by atoms with Gasteiger partial charge in [-0.3, -0.25) is 4.79 Å². The average Bonchev–Trinajstić information content (AvgIpc) is 3.03. The number of hydrogen-bond donors (Lipinski definition) is 1. The van der Waals surface area contributed by atoms with E-state index in [0.717, 1.165) is 32.4 Å². The second-order valence-electron chi connectivity index (χ2n) is 4.57. The first kappa shape index (κ1) is 10.9. The predicted molar refractivity (Wildman–Crippen MR) is 57.6 cm³/mol. The van der Waals surface area contributed by atoms with Gasteiger partial charge in [-0.1, -0.05) is 0 Å². The number of hydrogen-bond acceptors (Lipinski definition) is 3. The summed E-state index contributed by atoms with van der Waals surface area (Å²) in [4.78, 5) is 14.2. The van der Waals surface area contributed by atoms with Gasteiger partial charge in [0.25, 0.3) is 0 Å². The van der Waals surface area contributed by atoms with Gasteiger partial charge in [-0.15, -0.1) is 0 Å². The molecule has 0 aromatic heterocycles. The first-order chi connectivity index (χ1) is 7.22. The van der Waals surface area contributed by atoms with E-state index in [1.54, 1.807) is 0 Å². The molecule has 86 valence electrons. The van der Waals surface area contributed by atoms with Gasteiger partial charge in [-0.25, -0.2) is 0 Å². The maximum atomic E-state index is 12.2. The van der Waals surface area contributed by atoms with Gasteiger partial charge >= 0.3 is 0 Å². The number of likely N-dealkylation sites (N-methyl/N-ethyl adjacent to an activating group) is 1. The molecule has 15 heavy (non-hydrogen) atoms. The average molecular weight is 212 g/mol. The van der Waals surface area contributed by atoms with Gasteiger partial charge in [-0.05, 0) is 33.2 Å². The van der Waals surface area contributed by atoms with E-state index < -0.39 is 0 Å². The van der Waals surface area contributed by atoms with Gasteiger partial charge in [0.2, 0.25) is 5.91 Å². The summed E-state index contributed by atoms with van der Waals surface area (Å²) in [6.07, 6.45) is 3.49. The molecule has 0 saturated carbocycles. The summed E-state index contributed by atoms with van der Waals surface area (Å²) >= 11 is 0. The lowest BCUT2D eigenvalue weighted by molar-refractivity contribution is -0.134. The van der Waals surface area contributed by atoms with Gasteiger partial charge in [0.15, 0.2) is 0 Å². The minimum Gasteiger partial charge on any atom is -0.371 e. The highest BCUT2D eigenvalue weighted by molar-refractivity contribution is 5.82. The SMILES string of the molecule is CNC1CCCC(C)N(CC2CO2)C1=O. The van der Waals surface area contributed by atoms with Crippen molar-refractivity contribution < 1.29 is 9.53 Å². The number of nitrogens with zero attached hydrogens (tertiary/aromatic N) is 1. The Morgan fingerprint density at radius 1 is 1.53 bits per heavy atom. The normalized spacial score (nSPS) is 36.5. The Labute approximate surface area is 91.0 Å². The van der Waals surface area contributed by atoms with Crippen LogP contribution in [0.15, 0.2) is 0 Å². The molecular weight excluding hydrogens is 192 g/mol. The van der Waals surface area contributed by atoms with Gasteiger partial charge in [0.1, 0.15) is 0 Å². The molecule has 3 unspecified atom stereocenters. The molecule has 1 amide bonds. The molecule has 3 atom stereocenters. The second kappa shape index (κ2) is 4.49. The van der Waals surface area contributed by atoms with Crippen LogP contribution in [0.3, 0.4) is 0 Å². The molecule has 4 nitrogen and oxygen atoms in total. The molecule has 0 aromatic carbocycles. The summed E-state index contributed by atoms with van der Waals surface area (Å²) in [7, 11) is 1.87. The second-order valence-corrected chi connectivity index (χ2v) is 4.57. The topological polar surface area (TPSA) is 44.9 Å². The number of amides is 1. The molecule has 2 aliphatic rings. The largest absolute Gasteiger partial charge is 0.371 e. The van der Waals surface area contributed by atoms with E-state index in [-0.39, 0.29) is 11.9 Å². The van der Waals surface area contributed by atoms with E-state index in [4.69, 9.17) is 4.74 Å². The lowest BCUT2D eigenvalue weighted by Gasteiger charge is -2.28. The Bertz CT molecular complexity index is 241. The van der Waals surface area contributed by atoms with E-state index in [1.807, 2.05) is 11.9 Å². The molecule has 0 aliphatic carbocycles. The Balaban J connectivity index is 2.03. The molecular formula is C11H20N2O2. The number of epoxide rings is 1. The Morgan fingerprint density at radius 3 is 2.87 bits per heavy atom. The van der Waals surface area contributed by atoms with Crippen molar-refractivity contribution in [1.82, 2.24) is 10.2 Å². The van der Waals surface area contributed by atoms with Crippen LogP contribution in [0.5, 0.6) is 0 Å². The van der Waals surface area contributed by atoms with E-state index in [9.17, 15) is 4.79 Å². The third kappa shape index (κ3) is 2.49. The number of carbonyl (C=O) groups excluding carboxylic acids is 1. The lowest BCUT2D eigenvalue weighted by atomic mass is 10.1. The zero-order valence-corrected chi connectivity index (χ0v) is 9.53. The van der Waals surface area contributed by atoms with Gasteiger partial charge in [0.05, 0.1) is 18.8 Å². The molecule has 4 heteroatoms. The first-order valence-electron chi connectivity index (χ1n) is 5.81. The maximum Gasteiger partial charge on any atom is 0.240 e. The van der Waals surface area contributed by atoms with Crippen molar-refractivity contribution in [1.29, 1.82) is 0 Å². The lowest BCUT2D eigenvalue weighted by Crippen LogP contribution is -2.48. The molecule has 2 heterocycles. The molecule has 1 N–H and O–H groups in total. The van der Waals surface area contributed by atoms with Crippen LogP contribution in [0, 0.1) is 0 Å². The number of carbonyl (C=O) groups is 1. The molecule has 2 fully saturated rings. The monoisotopic (exact) mass is 212 g/mol. The summed E-state index contributed by atoms with van der Waals surface area (Å²) in [5, 5.41) is 3.11. The quantitative estimate of drug-likeness (QED) is 0.688. The van der Waals surface area contributed by atoms with Crippen molar-refractivity contribution in [3.63, 3.8) is 0 Å². The van der Waals surface area contributed by atoms with E-state index in [1.165, 1.54) is 0 Å². The minimum absolute atomic E-state index is 0.00806. The van der Waals surface area contributed by atoms with Crippen molar-refractivity contribution in [2.75, 3.05) is 20.2 Å². The van der Waals surface area contributed by atoms with Crippen molar-refractivity contribution in [2.24, 2.45) is 0 Å². The highest BCUT2D eigenvalue weighted by Crippen LogP contribution is 2.21. The Hall–Kier alpha value is -0.610. The first-order valence-corrected chi connectivity index (χ1v) is 5.81. The molecule has 0 bridgehead atoms. The van der Waals surface area contributed by atoms with Crippen molar-refractivity contribution in [3.05, 3.63) is 0 Å². The van der Waals surface area contributed by atoms with Gasteiger partial charge in [-0.2, -0.15) is 0 Å². The fraction of sp³-hybridized carbons (Fsp3) is 0.909. The minimum atomic E-state index is 0.00806. The van der Waals surface area contributed by atoms with Crippen LogP contribution in [0.1, 0.15) is 26.2 Å². The van der Waals surface area contributed by atoms with Crippen LogP contribution in [-0.4, -0.2) is 49.2 Å². The zero-order valence-electron chi connectivity index (χ0n) is 9.53. The smallest absolute Gasteiger partial charge is 0.240 e.